The van der Waals surface area contributed by atoms with Gasteiger partial charge >= 0.3 is 6.09 Å². The van der Waals surface area contributed by atoms with Crippen molar-refractivity contribution in [3.63, 3.8) is 0 Å². The van der Waals surface area contributed by atoms with Crippen molar-refractivity contribution < 1.29 is 29.3 Å². The van der Waals surface area contributed by atoms with E-state index in [9.17, 15) is 24.6 Å². The predicted molar refractivity (Wildman–Crippen MR) is 188 cm³/mol. The molecule has 0 aromatic heterocycles. The Labute approximate surface area is 285 Å². The number of hydrogen-bond acceptors (Lipinski definition) is 6. The molecule has 5 atom stereocenters. The van der Waals surface area contributed by atoms with Crippen molar-refractivity contribution in [2.75, 3.05) is 6.61 Å². The summed E-state index contributed by atoms with van der Waals surface area (Å²) in [6, 6.07) is 25.9. The molecular formula is C39H53N3O6. The van der Waals surface area contributed by atoms with Gasteiger partial charge in [0, 0.05) is 5.92 Å². The number of primary amides is 1. The second kappa shape index (κ2) is 18.4. The first-order chi connectivity index (χ1) is 22.8. The third kappa shape index (κ3) is 12.4. The Morgan fingerprint density at radius 3 is 1.71 bits per heavy atom. The fourth-order valence-electron chi connectivity index (χ4n) is 5.99. The van der Waals surface area contributed by atoms with Gasteiger partial charge in [-0.1, -0.05) is 105 Å². The fraction of sp³-hybridized carbons (Fsp3) is 0.462. The van der Waals surface area contributed by atoms with Crippen LogP contribution in [0.3, 0.4) is 0 Å². The van der Waals surface area contributed by atoms with Gasteiger partial charge in [0.25, 0.3) is 0 Å². The number of nitrogens with zero attached hydrogens (tertiary/aromatic N) is 1. The van der Waals surface area contributed by atoms with Crippen molar-refractivity contribution in [3.05, 3.63) is 108 Å². The van der Waals surface area contributed by atoms with Crippen LogP contribution in [0.5, 0.6) is 0 Å². The Kier molecular flexibility index (Phi) is 14.6. The number of alkyl carbamates (subject to hydrolysis) is 1. The Morgan fingerprint density at radius 2 is 1.27 bits per heavy atom. The molecule has 9 nitrogen and oxygen atoms in total. The smallest absolute Gasteiger partial charge is 0.407 e. The molecule has 0 aliphatic heterocycles. The van der Waals surface area contributed by atoms with Crippen LogP contribution in [0.4, 0.5) is 4.79 Å². The minimum Gasteiger partial charge on any atom is -0.444 e. The molecule has 0 bridgehead atoms. The molecule has 0 saturated carbocycles. The summed E-state index contributed by atoms with van der Waals surface area (Å²) in [4.78, 5) is 42.3. The van der Waals surface area contributed by atoms with Crippen LogP contribution in [0.15, 0.2) is 91.0 Å². The zero-order valence-electron chi connectivity index (χ0n) is 28.9. The zero-order chi connectivity index (χ0) is 35.3. The van der Waals surface area contributed by atoms with Gasteiger partial charge in [0.1, 0.15) is 11.6 Å². The maximum absolute atomic E-state index is 14.9. The third-order valence-electron chi connectivity index (χ3n) is 8.20. The van der Waals surface area contributed by atoms with Crippen LogP contribution in [0.1, 0.15) is 64.2 Å². The van der Waals surface area contributed by atoms with Gasteiger partial charge in [0.2, 0.25) is 11.8 Å². The molecule has 0 heterocycles. The summed E-state index contributed by atoms with van der Waals surface area (Å²) in [5.74, 6) is -1.84. The van der Waals surface area contributed by atoms with E-state index in [1.54, 1.807) is 20.8 Å². The average molecular weight is 660 g/mol. The summed E-state index contributed by atoms with van der Waals surface area (Å²) >= 11 is 0. The maximum Gasteiger partial charge on any atom is 0.407 e. The molecule has 9 heteroatoms. The molecule has 0 aliphatic carbocycles. The van der Waals surface area contributed by atoms with Gasteiger partial charge in [-0.15, -0.1) is 0 Å². The van der Waals surface area contributed by atoms with E-state index in [0.717, 1.165) is 16.7 Å². The first-order valence-electron chi connectivity index (χ1n) is 16.8. The van der Waals surface area contributed by atoms with Crippen molar-refractivity contribution in [3.8, 4) is 0 Å². The molecule has 3 aromatic rings. The van der Waals surface area contributed by atoms with E-state index in [2.05, 4.69) is 5.32 Å². The zero-order valence-corrected chi connectivity index (χ0v) is 28.9. The monoisotopic (exact) mass is 659 g/mol. The topological polar surface area (TPSA) is 142 Å². The van der Waals surface area contributed by atoms with Crippen molar-refractivity contribution >= 4 is 17.9 Å². The first-order valence-corrected chi connectivity index (χ1v) is 16.8. The van der Waals surface area contributed by atoms with E-state index in [1.807, 2.05) is 105 Å². The number of ether oxygens (including phenoxy) is 1. The summed E-state index contributed by atoms with van der Waals surface area (Å²) in [7, 11) is 0. The number of aliphatic hydroxyl groups is 2. The Bertz CT molecular complexity index is 1410. The maximum atomic E-state index is 14.9. The number of carbonyl (C=O) groups is 3. The Balaban J connectivity index is 2.04. The molecule has 0 spiro atoms. The van der Waals surface area contributed by atoms with Crippen molar-refractivity contribution in [2.24, 2.45) is 17.6 Å². The van der Waals surface area contributed by atoms with Crippen molar-refractivity contribution in [1.82, 2.24) is 10.2 Å². The lowest BCUT2D eigenvalue weighted by atomic mass is 9.86. The molecular weight excluding hydrogens is 606 g/mol. The molecule has 260 valence electrons. The number of nitrogens with one attached hydrogen (secondary N) is 1. The summed E-state index contributed by atoms with van der Waals surface area (Å²) in [5, 5.41) is 25.4. The number of aliphatic hydroxyl groups excluding tert-OH is 2. The SMILES string of the molecule is CC(C)CC(C(N)=O)N(C(=O)C(Cc1ccccc1)CC(O)C(Cc1ccccc1)NC(=O)OC(C)(C)C)[C@H](CO)Cc1ccccc1. The van der Waals surface area contributed by atoms with Crippen LogP contribution in [0.2, 0.25) is 0 Å². The summed E-state index contributed by atoms with van der Waals surface area (Å²) in [5.41, 5.74) is 7.87. The molecule has 3 rings (SSSR count). The van der Waals surface area contributed by atoms with Gasteiger partial charge in [-0.2, -0.15) is 0 Å². The quantitative estimate of drug-likeness (QED) is 0.160. The molecule has 3 aromatic carbocycles. The molecule has 0 saturated heterocycles. The highest BCUT2D eigenvalue weighted by Crippen LogP contribution is 2.26. The molecule has 3 amide bonds. The lowest BCUT2D eigenvalue weighted by molar-refractivity contribution is -0.148. The number of benzene rings is 3. The summed E-state index contributed by atoms with van der Waals surface area (Å²) in [6.45, 7) is 8.80. The van der Waals surface area contributed by atoms with Gasteiger partial charge < -0.3 is 30.9 Å². The fourth-order valence-corrected chi connectivity index (χ4v) is 5.99. The van der Waals surface area contributed by atoms with Gasteiger partial charge in [-0.25, -0.2) is 4.79 Å². The molecule has 0 fully saturated rings. The Morgan fingerprint density at radius 1 is 0.792 bits per heavy atom. The molecule has 0 radical (unpaired) electrons. The Hall–Kier alpha value is -4.21. The highest BCUT2D eigenvalue weighted by molar-refractivity contribution is 5.88. The van der Waals surface area contributed by atoms with Gasteiger partial charge in [-0.05, 0) is 75.5 Å². The van der Waals surface area contributed by atoms with Gasteiger partial charge in [0.05, 0.1) is 24.8 Å². The predicted octanol–water partition coefficient (Wildman–Crippen LogP) is 5.06. The van der Waals surface area contributed by atoms with Crippen LogP contribution in [0.25, 0.3) is 0 Å². The second-order valence-corrected chi connectivity index (χ2v) is 14.0. The molecule has 5 N–H and O–H groups in total. The van der Waals surface area contributed by atoms with Crippen LogP contribution >= 0.6 is 0 Å². The second-order valence-electron chi connectivity index (χ2n) is 14.0. The average Bonchev–Trinajstić information content (AvgIpc) is 3.03. The minimum atomic E-state index is -1.17. The van der Waals surface area contributed by atoms with Gasteiger partial charge in [0.15, 0.2) is 0 Å². The highest BCUT2D eigenvalue weighted by Gasteiger charge is 2.39. The molecule has 0 aliphatic rings. The normalized spacial score (nSPS) is 14.8. The van der Waals surface area contributed by atoms with E-state index < -0.39 is 53.7 Å². The summed E-state index contributed by atoms with van der Waals surface area (Å²) < 4.78 is 5.52. The van der Waals surface area contributed by atoms with Crippen LogP contribution in [-0.4, -0.2) is 69.5 Å². The number of amides is 3. The highest BCUT2D eigenvalue weighted by atomic mass is 16.6. The largest absolute Gasteiger partial charge is 0.444 e. The van der Waals surface area contributed by atoms with E-state index in [0.29, 0.717) is 19.3 Å². The summed E-state index contributed by atoms with van der Waals surface area (Å²) in [6.07, 6.45) is -0.712. The molecule has 4 unspecified atom stereocenters. The van der Waals surface area contributed by atoms with Crippen molar-refractivity contribution in [2.45, 2.75) is 96.6 Å². The minimum absolute atomic E-state index is 0.0281. The van der Waals surface area contributed by atoms with Crippen LogP contribution in [-0.2, 0) is 33.6 Å². The van der Waals surface area contributed by atoms with Crippen LogP contribution in [0, 0.1) is 11.8 Å². The number of rotatable bonds is 17. The van der Waals surface area contributed by atoms with E-state index in [4.69, 9.17) is 10.5 Å². The number of nitrogens with two attached hydrogens (primary N) is 1. The van der Waals surface area contributed by atoms with E-state index >= 15 is 0 Å². The standard InChI is InChI=1S/C39H53N3O6/c1-27(2)21-34(36(40)45)42(32(26-43)23-29-17-11-7-12-18-29)37(46)31(22-28-15-9-6-10-16-28)25-35(44)33(24-30-19-13-8-14-20-30)41-38(47)48-39(3,4)5/h6-20,27,31-35,43-44H,21-26H2,1-5H3,(H2,40,45)(H,41,47)/t31?,32-,33?,34?,35?/m0/s1. The van der Waals surface area contributed by atoms with Crippen molar-refractivity contribution in [1.29, 1.82) is 0 Å². The molecule has 48 heavy (non-hydrogen) atoms. The first kappa shape index (κ1) is 38.2. The lowest BCUT2D eigenvalue weighted by Gasteiger charge is -2.40. The van der Waals surface area contributed by atoms with E-state index in [-0.39, 0.29) is 25.4 Å². The number of carbonyl (C=O) groups excluding carboxylic acids is 3. The van der Waals surface area contributed by atoms with E-state index in [1.165, 1.54) is 4.90 Å². The third-order valence-corrected chi connectivity index (χ3v) is 8.20. The van der Waals surface area contributed by atoms with Gasteiger partial charge in [-0.3, -0.25) is 9.59 Å². The van der Waals surface area contributed by atoms with Crippen LogP contribution < -0.4 is 11.1 Å². The number of hydrogen-bond donors (Lipinski definition) is 4. The lowest BCUT2D eigenvalue weighted by Crippen LogP contribution is -2.57.